The standard InChI is InChI=1S/C14H14N4O2S/c1-18(9-6-12-4-7-16-8-5-12)21(19,20)14-3-2-13(10-15)17-11-14/h2-5,7-8,11H,6,9H2,1H3. The van der Waals surface area contributed by atoms with E-state index in [1.54, 1.807) is 12.4 Å². The van der Waals surface area contributed by atoms with Gasteiger partial charge in [0.05, 0.1) is 0 Å². The van der Waals surface area contributed by atoms with Crippen LogP contribution >= 0.6 is 0 Å². The minimum atomic E-state index is -3.59. The smallest absolute Gasteiger partial charge is 0.244 e. The van der Waals surface area contributed by atoms with Crippen molar-refractivity contribution in [2.24, 2.45) is 0 Å². The molecule has 0 spiro atoms. The van der Waals surface area contributed by atoms with E-state index in [-0.39, 0.29) is 10.6 Å². The summed E-state index contributed by atoms with van der Waals surface area (Å²) >= 11 is 0. The molecule has 6 nitrogen and oxygen atoms in total. The third-order valence-electron chi connectivity index (χ3n) is 3.02. The summed E-state index contributed by atoms with van der Waals surface area (Å²) in [5, 5.41) is 8.67. The van der Waals surface area contributed by atoms with Crippen molar-refractivity contribution in [2.45, 2.75) is 11.3 Å². The minimum Gasteiger partial charge on any atom is -0.265 e. The zero-order valence-electron chi connectivity index (χ0n) is 11.5. The number of likely N-dealkylation sites (N-methyl/N-ethyl adjacent to an activating group) is 1. The van der Waals surface area contributed by atoms with Crippen molar-refractivity contribution in [1.82, 2.24) is 14.3 Å². The fourth-order valence-electron chi connectivity index (χ4n) is 1.74. The lowest BCUT2D eigenvalue weighted by atomic mass is 10.2. The number of hydrogen-bond donors (Lipinski definition) is 0. The van der Waals surface area contributed by atoms with Crippen LogP contribution in [0.25, 0.3) is 0 Å². The van der Waals surface area contributed by atoms with Crippen LogP contribution in [0.5, 0.6) is 0 Å². The van der Waals surface area contributed by atoms with Gasteiger partial charge in [0, 0.05) is 32.2 Å². The number of hydrogen-bond acceptors (Lipinski definition) is 5. The number of nitrogens with zero attached hydrogens (tertiary/aromatic N) is 4. The first kappa shape index (κ1) is 15.1. The summed E-state index contributed by atoms with van der Waals surface area (Å²) in [5.41, 5.74) is 1.21. The van der Waals surface area contributed by atoms with Crippen molar-refractivity contribution in [3.05, 3.63) is 54.1 Å². The van der Waals surface area contributed by atoms with Gasteiger partial charge in [-0.1, -0.05) is 0 Å². The van der Waals surface area contributed by atoms with Gasteiger partial charge in [0.1, 0.15) is 16.7 Å². The van der Waals surface area contributed by atoms with Crippen molar-refractivity contribution in [1.29, 1.82) is 5.26 Å². The Labute approximate surface area is 123 Å². The Hall–Kier alpha value is -2.30. The van der Waals surface area contributed by atoms with Gasteiger partial charge in [0.25, 0.3) is 0 Å². The molecule has 2 aromatic rings. The van der Waals surface area contributed by atoms with Gasteiger partial charge in [-0.25, -0.2) is 17.7 Å². The first-order chi connectivity index (χ1) is 10.0. The molecule has 0 saturated carbocycles. The number of pyridine rings is 2. The van der Waals surface area contributed by atoms with E-state index >= 15 is 0 Å². The molecule has 2 aromatic heterocycles. The summed E-state index contributed by atoms with van der Waals surface area (Å²) in [6.07, 6.45) is 5.15. The number of nitriles is 1. The summed E-state index contributed by atoms with van der Waals surface area (Å²) in [5.74, 6) is 0. The Morgan fingerprint density at radius 2 is 1.95 bits per heavy atom. The van der Waals surface area contributed by atoms with Gasteiger partial charge < -0.3 is 0 Å². The third kappa shape index (κ3) is 3.62. The molecular weight excluding hydrogens is 288 g/mol. The molecular formula is C14H14N4O2S. The quantitative estimate of drug-likeness (QED) is 0.828. The molecule has 0 bridgehead atoms. The Morgan fingerprint density at radius 3 is 2.52 bits per heavy atom. The Balaban J connectivity index is 2.09. The third-order valence-corrected chi connectivity index (χ3v) is 4.86. The van der Waals surface area contributed by atoms with Crippen LogP contribution in [0.4, 0.5) is 0 Å². The molecule has 0 radical (unpaired) electrons. The molecule has 0 aliphatic rings. The molecule has 108 valence electrons. The Kier molecular flexibility index (Phi) is 4.62. The molecule has 21 heavy (non-hydrogen) atoms. The van der Waals surface area contributed by atoms with Crippen molar-refractivity contribution < 1.29 is 8.42 Å². The van der Waals surface area contributed by atoms with Crippen LogP contribution in [0, 0.1) is 11.3 Å². The van der Waals surface area contributed by atoms with Crippen LogP contribution in [0.1, 0.15) is 11.3 Å². The van der Waals surface area contributed by atoms with Crippen molar-refractivity contribution in [2.75, 3.05) is 13.6 Å². The molecule has 2 rings (SSSR count). The highest BCUT2D eigenvalue weighted by Crippen LogP contribution is 2.14. The van der Waals surface area contributed by atoms with E-state index in [1.165, 1.54) is 29.7 Å². The lowest BCUT2D eigenvalue weighted by Crippen LogP contribution is -2.29. The highest BCUT2D eigenvalue weighted by atomic mass is 32.2. The second-order valence-electron chi connectivity index (χ2n) is 4.42. The van der Waals surface area contributed by atoms with E-state index in [1.807, 2.05) is 18.2 Å². The molecule has 0 unspecified atom stereocenters. The molecule has 0 saturated heterocycles. The largest absolute Gasteiger partial charge is 0.265 e. The van der Waals surface area contributed by atoms with E-state index in [0.29, 0.717) is 13.0 Å². The minimum absolute atomic E-state index is 0.0822. The maximum absolute atomic E-state index is 12.3. The fourth-order valence-corrected chi connectivity index (χ4v) is 2.85. The maximum atomic E-state index is 12.3. The highest BCUT2D eigenvalue weighted by Gasteiger charge is 2.20. The molecule has 0 aromatic carbocycles. The van der Waals surface area contributed by atoms with E-state index in [2.05, 4.69) is 9.97 Å². The summed E-state index contributed by atoms with van der Waals surface area (Å²) in [6.45, 7) is 0.354. The average molecular weight is 302 g/mol. The molecule has 0 atom stereocenters. The van der Waals surface area contributed by atoms with E-state index in [9.17, 15) is 8.42 Å². The van der Waals surface area contributed by atoms with Gasteiger partial charge in [-0.05, 0) is 36.2 Å². The second-order valence-corrected chi connectivity index (χ2v) is 6.47. The summed E-state index contributed by atoms with van der Waals surface area (Å²) < 4.78 is 26.0. The van der Waals surface area contributed by atoms with Crippen molar-refractivity contribution in [3.8, 4) is 6.07 Å². The molecule has 7 heteroatoms. The summed E-state index contributed by atoms with van der Waals surface area (Å²) in [4.78, 5) is 7.79. The zero-order valence-corrected chi connectivity index (χ0v) is 12.3. The molecule has 0 aliphatic carbocycles. The molecule has 0 amide bonds. The van der Waals surface area contributed by atoms with Gasteiger partial charge >= 0.3 is 0 Å². The Morgan fingerprint density at radius 1 is 1.24 bits per heavy atom. The van der Waals surface area contributed by atoms with Gasteiger partial charge in [0.2, 0.25) is 10.0 Å². The van der Waals surface area contributed by atoms with Crippen LogP contribution < -0.4 is 0 Å². The van der Waals surface area contributed by atoms with Crippen LogP contribution in [-0.4, -0.2) is 36.3 Å². The van der Waals surface area contributed by atoms with Crippen LogP contribution in [-0.2, 0) is 16.4 Å². The fraction of sp³-hybridized carbons (Fsp3) is 0.214. The van der Waals surface area contributed by atoms with Gasteiger partial charge in [-0.15, -0.1) is 0 Å². The number of rotatable bonds is 5. The van der Waals surface area contributed by atoms with Gasteiger partial charge in [-0.2, -0.15) is 5.26 Å². The first-order valence-corrected chi connectivity index (χ1v) is 7.69. The second kappa shape index (κ2) is 6.43. The van der Waals surface area contributed by atoms with E-state index in [0.717, 1.165) is 5.56 Å². The maximum Gasteiger partial charge on any atom is 0.244 e. The molecule has 2 heterocycles. The molecule has 0 aliphatic heterocycles. The van der Waals surface area contributed by atoms with Crippen LogP contribution in [0.3, 0.4) is 0 Å². The van der Waals surface area contributed by atoms with Gasteiger partial charge in [-0.3, -0.25) is 4.98 Å². The monoisotopic (exact) mass is 302 g/mol. The lowest BCUT2D eigenvalue weighted by Gasteiger charge is -2.16. The normalized spacial score (nSPS) is 11.3. The number of sulfonamides is 1. The summed E-state index contributed by atoms with van der Waals surface area (Å²) in [6, 6.07) is 8.34. The van der Waals surface area contributed by atoms with Crippen molar-refractivity contribution >= 4 is 10.0 Å². The molecule has 0 fully saturated rings. The topological polar surface area (TPSA) is 87.0 Å². The average Bonchev–Trinajstić information content (AvgIpc) is 2.53. The first-order valence-electron chi connectivity index (χ1n) is 6.25. The zero-order chi connectivity index (χ0) is 15.3. The molecule has 0 N–H and O–H groups in total. The SMILES string of the molecule is CN(CCc1ccncc1)S(=O)(=O)c1ccc(C#N)nc1. The van der Waals surface area contributed by atoms with E-state index < -0.39 is 10.0 Å². The van der Waals surface area contributed by atoms with Crippen molar-refractivity contribution in [3.63, 3.8) is 0 Å². The van der Waals surface area contributed by atoms with Crippen LogP contribution in [0.15, 0.2) is 47.8 Å². The van der Waals surface area contributed by atoms with Crippen LogP contribution in [0.2, 0.25) is 0 Å². The Bertz CT molecular complexity index is 737. The predicted octanol–water partition coefficient (Wildman–Crippen LogP) is 1.21. The van der Waals surface area contributed by atoms with E-state index in [4.69, 9.17) is 5.26 Å². The lowest BCUT2D eigenvalue weighted by molar-refractivity contribution is 0.472. The highest BCUT2D eigenvalue weighted by molar-refractivity contribution is 7.89. The predicted molar refractivity (Wildman–Crippen MR) is 76.7 cm³/mol. The summed E-state index contributed by atoms with van der Waals surface area (Å²) in [7, 11) is -2.07. The van der Waals surface area contributed by atoms with Gasteiger partial charge in [0.15, 0.2) is 0 Å². The number of aromatic nitrogens is 2.